The number of hydrogen-bond acceptors (Lipinski definition) is 3. The molecule has 2 aromatic carbocycles. The zero-order chi connectivity index (χ0) is 16.7. The molecular formula is C18H21BrN2O2. The maximum Gasteiger partial charge on any atom is 0.234 e. The van der Waals surface area contributed by atoms with Crippen molar-refractivity contribution in [2.75, 3.05) is 20.7 Å². The van der Waals surface area contributed by atoms with Crippen molar-refractivity contribution in [1.82, 2.24) is 10.2 Å². The van der Waals surface area contributed by atoms with Crippen molar-refractivity contribution in [3.05, 3.63) is 64.1 Å². The molecule has 0 fully saturated rings. The lowest BCUT2D eigenvalue weighted by Crippen LogP contribution is -2.34. The van der Waals surface area contributed by atoms with Crippen LogP contribution in [0.4, 0.5) is 0 Å². The first kappa shape index (κ1) is 17.5. The molecule has 0 aliphatic rings. The van der Waals surface area contributed by atoms with E-state index in [0.717, 1.165) is 21.3 Å². The molecule has 0 heterocycles. The van der Waals surface area contributed by atoms with Gasteiger partial charge in [0.25, 0.3) is 0 Å². The first-order chi connectivity index (χ1) is 11.1. The molecule has 0 saturated heterocycles. The van der Waals surface area contributed by atoms with Crippen molar-refractivity contribution in [3.8, 4) is 5.75 Å². The molecule has 0 bridgehead atoms. The molecule has 4 nitrogen and oxygen atoms in total. The van der Waals surface area contributed by atoms with Crippen LogP contribution in [-0.2, 0) is 17.9 Å². The van der Waals surface area contributed by atoms with Crippen LogP contribution in [-0.4, -0.2) is 31.5 Å². The van der Waals surface area contributed by atoms with Crippen molar-refractivity contribution < 1.29 is 9.53 Å². The maximum atomic E-state index is 12.0. The van der Waals surface area contributed by atoms with E-state index in [0.29, 0.717) is 19.6 Å². The molecule has 0 spiro atoms. The van der Waals surface area contributed by atoms with Gasteiger partial charge >= 0.3 is 0 Å². The van der Waals surface area contributed by atoms with Gasteiger partial charge in [0, 0.05) is 23.1 Å². The van der Waals surface area contributed by atoms with E-state index in [-0.39, 0.29) is 5.91 Å². The summed E-state index contributed by atoms with van der Waals surface area (Å²) in [6.07, 6.45) is 0. The Balaban J connectivity index is 1.85. The summed E-state index contributed by atoms with van der Waals surface area (Å²) in [5.74, 6) is 0.829. The van der Waals surface area contributed by atoms with Gasteiger partial charge in [-0.25, -0.2) is 0 Å². The maximum absolute atomic E-state index is 12.0. The number of benzene rings is 2. The van der Waals surface area contributed by atoms with Gasteiger partial charge < -0.3 is 10.1 Å². The molecule has 0 radical (unpaired) electrons. The molecule has 0 saturated carbocycles. The van der Waals surface area contributed by atoms with E-state index in [4.69, 9.17) is 4.74 Å². The van der Waals surface area contributed by atoms with Gasteiger partial charge in [-0.15, -0.1) is 0 Å². The lowest BCUT2D eigenvalue weighted by atomic mass is 10.2. The van der Waals surface area contributed by atoms with Crippen LogP contribution in [0.2, 0.25) is 0 Å². The second kappa shape index (κ2) is 8.70. The van der Waals surface area contributed by atoms with Gasteiger partial charge in [-0.2, -0.15) is 0 Å². The van der Waals surface area contributed by atoms with Crippen molar-refractivity contribution >= 4 is 21.8 Å². The second-order valence-corrected chi connectivity index (χ2v) is 6.31. The highest BCUT2D eigenvalue weighted by molar-refractivity contribution is 9.10. The van der Waals surface area contributed by atoms with E-state index in [1.165, 1.54) is 0 Å². The van der Waals surface area contributed by atoms with Gasteiger partial charge in [-0.05, 0) is 30.8 Å². The fraction of sp³-hybridized carbons (Fsp3) is 0.278. The summed E-state index contributed by atoms with van der Waals surface area (Å²) < 4.78 is 6.36. The van der Waals surface area contributed by atoms with Gasteiger partial charge in [0.2, 0.25) is 5.91 Å². The van der Waals surface area contributed by atoms with Crippen molar-refractivity contribution in [1.29, 1.82) is 0 Å². The number of likely N-dealkylation sites (N-methyl/N-ethyl adjacent to an activating group) is 1. The molecule has 0 aromatic heterocycles. The minimum atomic E-state index is 0.00492. The van der Waals surface area contributed by atoms with E-state index >= 15 is 0 Å². The molecule has 0 aliphatic heterocycles. The Bertz CT molecular complexity index is 647. The van der Waals surface area contributed by atoms with E-state index < -0.39 is 0 Å². The van der Waals surface area contributed by atoms with Crippen LogP contribution in [0.1, 0.15) is 11.1 Å². The minimum Gasteiger partial charge on any atom is -0.496 e. The van der Waals surface area contributed by atoms with Crippen LogP contribution in [0.15, 0.2) is 53.0 Å². The highest BCUT2D eigenvalue weighted by Crippen LogP contribution is 2.23. The third-order valence-electron chi connectivity index (χ3n) is 3.43. The van der Waals surface area contributed by atoms with Crippen LogP contribution >= 0.6 is 15.9 Å². The van der Waals surface area contributed by atoms with E-state index in [9.17, 15) is 4.79 Å². The zero-order valence-electron chi connectivity index (χ0n) is 13.4. The number of nitrogens with zero attached hydrogens (tertiary/aromatic N) is 1. The van der Waals surface area contributed by atoms with Crippen molar-refractivity contribution in [3.63, 3.8) is 0 Å². The summed E-state index contributed by atoms with van der Waals surface area (Å²) in [6.45, 7) is 1.53. The molecule has 122 valence electrons. The van der Waals surface area contributed by atoms with Gasteiger partial charge in [-0.3, -0.25) is 9.69 Å². The largest absolute Gasteiger partial charge is 0.496 e. The standard InChI is InChI=1S/C18H21BrN2O2/c1-21(12-15-10-16(19)8-9-17(15)23-2)13-18(22)20-11-14-6-4-3-5-7-14/h3-10H,11-13H2,1-2H3,(H,20,22). The normalized spacial score (nSPS) is 10.6. The average molecular weight is 377 g/mol. The zero-order valence-corrected chi connectivity index (χ0v) is 15.0. The second-order valence-electron chi connectivity index (χ2n) is 5.39. The average Bonchev–Trinajstić information content (AvgIpc) is 2.54. The number of ether oxygens (including phenoxy) is 1. The molecular weight excluding hydrogens is 356 g/mol. The van der Waals surface area contributed by atoms with Crippen LogP contribution < -0.4 is 10.1 Å². The Morgan fingerprint density at radius 3 is 2.65 bits per heavy atom. The van der Waals surface area contributed by atoms with Crippen molar-refractivity contribution in [2.24, 2.45) is 0 Å². The highest BCUT2D eigenvalue weighted by Gasteiger charge is 2.10. The molecule has 5 heteroatoms. The lowest BCUT2D eigenvalue weighted by molar-refractivity contribution is -0.122. The van der Waals surface area contributed by atoms with Gasteiger partial charge in [0.05, 0.1) is 13.7 Å². The first-order valence-corrected chi connectivity index (χ1v) is 8.19. The highest BCUT2D eigenvalue weighted by atomic mass is 79.9. The number of methoxy groups -OCH3 is 1. The minimum absolute atomic E-state index is 0.00492. The predicted molar refractivity (Wildman–Crippen MR) is 95.3 cm³/mol. The van der Waals surface area contributed by atoms with Gasteiger partial charge in [0.15, 0.2) is 0 Å². The third-order valence-corrected chi connectivity index (χ3v) is 3.92. The van der Waals surface area contributed by atoms with Crippen LogP contribution in [0, 0.1) is 0 Å². The Morgan fingerprint density at radius 2 is 1.96 bits per heavy atom. The molecule has 0 aliphatic carbocycles. The number of carbonyl (C=O) groups is 1. The Kier molecular flexibility index (Phi) is 6.62. The SMILES string of the molecule is COc1ccc(Br)cc1CN(C)CC(=O)NCc1ccccc1. The monoisotopic (exact) mass is 376 g/mol. The first-order valence-electron chi connectivity index (χ1n) is 7.40. The van der Waals surface area contributed by atoms with Crippen LogP contribution in [0.25, 0.3) is 0 Å². The number of carbonyl (C=O) groups excluding carboxylic acids is 1. The quantitative estimate of drug-likeness (QED) is 0.806. The van der Waals surface area contributed by atoms with E-state index in [2.05, 4.69) is 21.2 Å². The summed E-state index contributed by atoms with van der Waals surface area (Å²) in [5.41, 5.74) is 2.14. The Hall–Kier alpha value is -1.85. The van der Waals surface area contributed by atoms with Gasteiger partial charge in [-0.1, -0.05) is 46.3 Å². The van der Waals surface area contributed by atoms with E-state index in [1.54, 1.807) is 7.11 Å². The molecule has 1 N–H and O–H groups in total. The molecule has 2 rings (SSSR count). The predicted octanol–water partition coefficient (Wildman–Crippen LogP) is 3.21. The number of halogens is 1. The summed E-state index contributed by atoms with van der Waals surface area (Å²) in [4.78, 5) is 14.0. The molecule has 0 atom stereocenters. The van der Waals surface area contributed by atoms with Gasteiger partial charge in [0.1, 0.15) is 5.75 Å². The molecule has 23 heavy (non-hydrogen) atoms. The molecule has 1 amide bonds. The van der Waals surface area contributed by atoms with Crippen molar-refractivity contribution in [2.45, 2.75) is 13.1 Å². The Morgan fingerprint density at radius 1 is 1.22 bits per heavy atom. The van der Waals surface area contributed by atoms with Crippen LogP contribution in [0.5, 0.6) is 5.75 Å². The summed E-state index contributed by atoms with van der Waals surface area (Å²) in [7, 11) is 3.57. The number of hydrogen-bond donors (Lipinski definition) is 1. The molecule has 2 aromatic rings. The number of amides is 1. The lowest BCUT2D eigenvalue weighted by Gasteiger charge is -2.18. The third kappa shape index (κ3) is 5.69. The topological polar surface area (TPSA) is 41.6 Å². The fourth-order valence-corrected chi connectivity index (χ4v) is 2.72. The molecule has 0 unspecified atom stereocenters. The fourth-order valence-electron chi connectivity index (χ4n) is 2.31. The Labute approximate surface area is 145 Å². The summed E-state index contributed by atoms with van der Waals surface area (Å²) >= 11 is 3.46. The number of nitrogens with one attached hydrogen (secondary N) is 1. The van der Waals surface area contributed by atoms with Crippen LogP contribution in [0.3, 0.4) is 0 Å². The summed E-state index contributed by atoms with van der Waals surface area (Å²) in [5, 5.41) is 2.93. The smallest absolute Gasteiger partial charge is 0.234 e. The number of rotatable bonds is 7. The van der Waals surface area contributed by atoms with E-state index in [1.807, 2.05) is 60.5 Å². The summed E-state index contributed by atoms with van der Waals surface area (Å²) in [6, 6.07) is 15.8.